The molecule has 3 aromatic carbocycles. The van der Waals surface area contributed by atoms with Crippen molar-refractivity contribution in [2.75, 3.05) is 5.32 Å². The molecule has 1 N–H and O–H groups in total. The second-order valence-electron chi connectivity index (χ2n) is 9.96. The molecular formula is C33H30FN5. The van der Waals surface area contributed by atoms with Gasteiger partial charge in [0.1, 0.15) is 11.6 Å². The van der Waals surface area contributed by atoms with Crippen LogP contribution in [0.15, 0.2) is 109 Å². The molecule has 5 nitrogen and oxygen atoms in total. The lowest BCUT2D eigenvalue weighted by atomic mass is 9.90. The Hall–Kier alpha value is -4.42. The molecule has 0 saturated carbocycles. The molecule has 2 aromatic heterocycles. The van der Waals surface area contributed by atoms with Gasteiger partial charge in [-0.05, 0) is 66.8 Å². The van der Waals surface area contributed by atoms with Crippen LogP contribution in [0.25, 0.3) is 11.4 Å². The molecule has 39 heavy (non-hydrogen) atoms. The molecule has 0 spiro atoms. The van der Waals surface area contributed by atoms with Crippen LogP contribution in [-0.2, 0) is 25.9 Å². The first kappa shape index (κ1) is 24.9. The van der Waals surface area contributed by atoms with Crippen LogP contribution in [-0.4, -0.2) is 25.9 Å². The van der Waals surface area contributed by atoms with Gasteiger partial charge in [-0.3, -0.25) is 9.88 Å². The maximum absolute atomic E-state index is 13.6. The van der Waals surface area contributed by atoms with Crippen LogP contribution >= 0.6 is 0 Å². The molecule has 6 rings (SSSR count). The third kappa shape index (κ3) is 6.02. The molecule has 0 amide bonds. The lowest BCUT2D eigenvalue weighted by molar-refractivity contribution is 0.161. The number of benzene rings is 3. The van der Waals surface area contributed by atoms with Crippen molar-refractivity contribution >= 4 is 11.5 Å². The Balaban J connectivity index is 1.35. The van der Waals surface area contributed by atoms with Crippen molar-refractivity contribution in [3.8, 4) is 11.4 Å². The number of halogens is 1. The highest BCUT2D eigenvalue weighted by atomic mass is 19.1. The van der Waals surface area contributed by atoms with Crippen LogP contribution < -0.4 is 5.32 Å². The minimum atomic E-state index is -0.264. The number of hydrogen-bond acceptors (Lipinski definition) is 5. The molecule has 1 aliphatic rings. The predicted molar refractivity (Wildman–Crippen MR) is 153 cm³/mol. The summed E-state index contributed by atoms with van der Waals surface area (Å²) in [6, 6.07) is 31.9. The summed E-state index contributed by atoms with van der Waals surface area (Å²) in [5.41, 5.74) is 6.51. The summed E-state index contributed by atoms with van der Waals surface area (Å²) in [4.78, 5) is 16.7. The van der Waals surface area contributed by atoms with Crippen molar-refractivity contribution in [2.24, 2.45) is 0 Å². The molecule has 194 valence electrons. The predicted octanol–water partition coefficient (Wildman–Crippen LogP) is 6.98. The summed E-state index contributed by atoms with van der Waals surface area (Å²) in [6.45, 7) is 1.73. The zero-order valence-electron chi connectivity index (χ0n) is 21.7. The summed E-state index contributed by atoms with van der Waals surface area (Å²) in [6.07, 6.45) is 6.21. The van der Waals surface area contributed by atoms with Crippen molar-refractivity contribution in [2.45, 2.75) is 38.4 Å². The summed E-state index contributed by atoms with van der Waals surface area (Å²) in [5.74, 6) is 1.19. The highest BCUT2D eigenvalue weighted by Gasteiger charge is 2.29. The smallest absolute Gasteiger partial charge is 0.161 e. The molecule has 1 atom stereocenters. The lowest BCUT2D eigenvalue weighted by Crippen LogP contribution is -2.39. The molecule has 1 unspecified atom stereocenters. The maximum Gasteiger partial charge on any atom is 0.161 e. The van der Waals surface area contributed by atoms with E-state index in [4.69, 9.17) is 9.97 Å². The Labute approximate surface area is 228 Å². The maximum atomic E-state index is 13.6. The molecule has 0 fully saturated rings. The molecule has 0 saturated heterocycles. The Morgan fingerprint density at radius 1 is 0.769 bits per heavy atom. The zero-order valence-corrected chi connectivity index (χ0v) is 21.7. The topological polar surface area (TPSA) is 53.9 Å². The van der Waals surface area contributed by atoms with E-state index in [9.17, 15) is 4.39 Å². The minimum absolute atomic E-state index is 0.264. The van der Waals surface area contributed by atoms with Gasteiger partial charge in [-0.2, -0.15) is 0 Å². The van der Waals surface area contributed by atoms with Crippen molar-refractivity contribution in [3.63, 3.8) is 0 Å². The van der Waals surface area contributed by atoms with Crippen LogP contribution in [0.4, 0.5) is 15.9 Å². The number of rotatable bonds is 8. The largest absolute Gasteiger partial charge is 0.340 e. The first-order valence-corrected chi connectivity index (χ1v) is 13.4. The van der Waals surface area contributed by atoms with E-state index in [0.717, 1.165) is 60.7 Å². The van der Waals surface area contributed by atoms with Gasteiger partial charge in [-0.25, -0.2) is 14.4 Å². The lowest BCUT2D eigenvalue weighted by Gasteiger charge is -2.36. The third-order valence-electron chi connectivity index (χ3n) is 7.27. The minimum Gasteiger partial charge on any atom is -0.340 e. The first-order valence-electron chi connectivity index (χ1n) is 13.4. The first-order chi connectivity index (χ1) is 19.2. The van der Waals surface area contributed by atoms with E-state index in [-0.39, 0.29) is 5.82 Å². The van der Waals surface area contributed by atoms with E-state index in [2.05, 4.69) is 75.9 Å². The molecule has 0 radical (unpaired) electrons. The fourth-order valence-electron chi connectivity index (χ4n) is 5.26. The van der Waals surface area contributed by atoms with E-state index in [1.54, 1.807) is 24.5 Å². The van der Waals surface area contributed by atoms with Crippen molar-refractivity contribution in [1.82, 2.24) is 19.9 Å². The number of fused-ring (bicyclic) bond motifs is 1. The van der Waals surface area contributed by atoms with Crippen LogP contribution in [0.2, 0.25) is 0 Å². The molecule has 2 heterocycles. The fraction of sp³-hybridized carbons (Fsp3) is 0.182. The van der Waals surface area contributed by atoms with E-state index < -0.39 is 0 Å². The summed E-state index contributed by atoms with van der Waals surface area (Å²) in [5, 5.41) is 3.48. The van der Waals surface area contributed by atoms with Gasteiger partial charge >= 0.3 is 0 Å². The van der Waals surface area contributed by atoms with Gasteiger partial charge < -0.3 is 5.32 Å². The second kappa shape index (κ2) is 11.5. The van der Waals surface area contributed by atoms with Crippen molar-refractivity contribution < 1.29 is 4.39 Å². The van der Waals surface area contributed by atoms with Gasteiger partial charge in [-0.15, -0.1) is 0 Å². The summed E-state index contributed by atoms with van der Waals surface area (Å²) in [7, 11) is 0. The SMILES string of the molecule is Fc1ccc(Nc2nc(-c3ccncc3)nc3c2CC(N(Cc2ccccc2)Cc2ccccc2)CC3)cc1. The van der Waals surface area contributed by atoms with Crippen LogP contribution in [0.1, 0.15) is 28.8 Å². The van der Waals surface area contributed by atoms with E-state index in [1.807, 2.05) is 12.1 Å². The average molecular weight is 516 g/mol. The highest BCUT2D eigenvalue weighted by molar-refractivity contribution is 5.65. The zero-order chi connectivity index (χ0) is 26.4. The molecule has 6 heteroatoms. The molecular weight excluding hydrogens is 485 g/mol. The Bertz CT molecular complexity index is 1470. The monoisotopic (exact) mass is 515 g/mol. The van der Waals surface area contributed by atoms with E-state index in [0.29, 0.717) is 11.9 Å². The Morgan fingerprint density at radius 3 is 2.05 bits per heavy atom. The van der Waals surface area contributed by atoms with Gasteiger partial charge in [0.2, 0.25) is 0 Å². The van der Waals surface area contributed by atoms with Gasteiger partial charge in [0.05, 0.1) is 0 Å². The van der Waals surface area contributed by atoms with Crippen LogP contribution in [0, 0.1) is 5.82 Å². The fourth-order valence-corrected chi connectivity index (χ4v) is 5.26. The second-order valence-corrected chi connectivity index (χ2v) is 9.96. The average Bonchev–Trinajstić information content (AvgIpc) is 2.99. The molecule has 0 bridgehead atoms. The standard InChI is InChI=1S/C33H30FN5/c34-27-11-13-28(14-12-27)36-33-30-21-29(15-16-31(30)37-32(38-33)26-17-19-35-20-18-26)39(22-24-7-3-1-4-8-24)23-25-9-5-2-6-10-25/h1-14,17-20,29H,15-16,21-23H2,(H,36,37,38). The number of nitrogens with zero attached hydrogens (tertiary/aromatic N) is 4. The van der Waals surface area contributed by atoms with Gasteiger partial charge in [-0.1, -0.05) is 60.7 Å². The quantitative estimate of drug-likeness (QED) is 0.242. The summed E-state index contributed by atoms with van der Waals surface area (Å²) >= 11 is 0. The number of anilines is 2. The summed E-state index contributed by atoms with van der Waals surface area (Å²) < 4.78 is 13.6. The third-order valence-corrected chi connectivity index (χ3v) is 7.27. The van der Waals surface area contributed by atoms with E-state index >= 15 is 0 Å². The Kier molecular flexibility index (Phi) is 7.36. The van der Waals surface area contributed by atoms with Gasteiger partial charge in [0, 0.05) is 54.0 Å². The van der Waals surface area contributed by atoms with Crippen molar-refractivity contribution in [1.29, 1.82) is 0 Å². The van der Waals surface area contributed by atoms with Gasteiger partial charge in [0.25, 0.3) is 0 Å². The number of aryl methyl sites for hydroxylation is 1. The Morgan fingerprint density at radius 2 is 1.41 bits per heavy atom. The number of nitrogens with one attached hydrogen (secondary N) is 1. The number of pyridine rings is 1. The number of hydrogen-bond donors (Lipinski definition) is 1. The van der Waals surface area contributed by atoms with E-state index in [1.165, 1.54) is 23.3 Å². The highest BCUT2D eigenvalue weighted by Crippen LogP contribution is 2.33. The molecule has 1 aliphatic carbocycles. The van der Waals surface area contributed by atoms with Gasteiger partial charge in [0.15, 0.2) is 5.82 Å². The number of aromatic nitrogens is 3. The van der Waals surface area contributed by atoms with Crippen molar-refractivity contribution in [3.05, 3.63) is 138 Å². The van der Waals surface area contributed by atoms with Crippen LogP contribution in [0.5, 0.6) is 0 Å². The normalized spacial score (nSPS) is 14.7. The van der Waals surface area contributed by atoms with Crippen LogP contribution in [0.3, 0.4) is 0 Å². The molecule has 5 aromatic rings. The molecule has 0 aliphatic heterocycles.